The Labute approximate surface area is 209 Å². The van der Waals surface area contributed by atoms with Gasteiger partial charge in [0.2, 0.25) is 0 Å². The SMILES string of the molecule is COc1cc(/C=N\NC(=O)c2cc3ccccc3cc2O)cc(Br)c1OCc1ccccc1Cl. The first kappa shape index (κ1) is 23.6. The fourth-order valence-corrected chi connectivity index (χ4v) is 4.12. The summed E-state index contributed by atoms with van der Waals surface area (Å²) in [6.45, 7) is 0.271. The molecule has 0 heterocycles. The smallest absolute Gasteiger partial charge is 0.275 e. The van der Waals surface area contributed by atoms with Gasteiger partial charge in [0.05, 0.1) is 23.4 Å². The molecule has 0 bridgehead atoms. The summed E-state index contributed by atoms with van der Waals surface area (Å²) in [5.74, 6) is 0.368. The number of phenols is 1. The molecule has 0 aromatic heterocycles. The summed E-state index contributed by atoms with van der Waals surface area (Å²) in [5.41, 5.74) is 4.10. The number of hydrogen-bond donors (Lipinski definition) is 2. The zero-order valence-electron chi connectivity index (χ0n) is 18.1. The van der Waals surface area contributed by atoms with Crippen LogP contribution in [0.3, 0.4) is 0 Å². The van der Waals surface area contributed by atoms with E-state index in [1.807, 2.05) is 42.5 Å². The van der Waals surface area contributed by atoms with Crippen LogP contribution in [0.4, 0.5) is 0 Å². The van der Waals surface area contributed by atoms with Gasteiger partial charge in [-0.25, -0.2) is 5.43 Å². The van der Waals surface area contributed by atoms with Crippen molar-refractivity contribution in [1.82, 2.24) is 5.43 Å². The number of hydrogen-bond acceptors (Lipinski definition) is 5. The van der Waals surface area contributed by atoms with E-state index in [1.54, 1.807) is 30.3 Å². The van der Waals surface area contributed by atoms with Gasteiger partial charge in [0.1, 0.15) is 12.4 Å². The minimum atomic E-state index is -0.523. The Morgan fingerprint density at radius 2 is 1.79 bits per heavy atom. The first-order valence-electron chi connectivity index (χ1n) is 10.2. The predicted molar refractivity (Wildman–Crippen MR) is 137 cm³/mol. The number of rotatable bonds is 7. The number of aromatic hydroxyl groups is 1. The van der Waals surface area contributed by atoms with E-state index >= 15 is 0 Å². The maximum absolute atomic E-state index is 12.5. The van der Waals surface area contributed by atoms with Gasteiger partial charge < -0.3 is 14.6 Å². The van der Waals surface area contributed by atoms with Crippen molar-refractivity contribution in [3.8, 4) is 17.2 Å². The molecule has 0 aliphatic heterocycles. The number of halogens is 2. The Morgan fingerprint density at radius 3 is 2.53 bits per heavy atom. The minimum Gasteiger partial charge on any atom is -0.507 e. The molecule has 4 aromatic carbocycles. The van der Waals surface area contributed by atoms with Crippen LogP contribution >= 0.6 is 27.5 Å². The average molecular weight is 540 g/mol. The lowest BCUT2D eigenvalue weighted by Gasteiger charge is -2.14. The standard InChI is InChI=1S/C26H20BrClN2O4/c1-33-24-11-16(10-21(27)25(24)34-15-19-8-4-5-9-22(19)28)14-29-30-26(32)20-12-17-6-2-3-7-18(17)13-23(20)31/h2-14,31H,15H2,1H3,(H,30,32)/b29-14-. The lowest BCUT2D eigenvalue weighted by atomic mass is 10.1. The quantitative estimate of drug-likeness (QED) is 0.213. The fraction of sp³-hybridized carbons (Fsp3) is 0.0769. The molecule has 0 saturated heterocycles. The maximum atomic E-state index is 12.5. The van der Waals surface area contributed by atoms with Crippen molar-refractivity contribution >= 4 is 50.4 Å². The molecule has 4 rings (SSSR count). The van der Waals surface area contributed by atoms with Crippen molar-refractivity contribution < 1.29 is 19.4 Å². The van der Waals surface area contributed by atoms with Crippen molar-refractivity contribution in [2.45, 2.75) is 6.61 Å². The van der Waals surface area contributed by atoms with Gasteiger partial charge in [-0.05, 0) is 62.6 Å². The summed E-state index contributed by atoms with van der Waals surface area (Å²) in [6, 6.07) is 21.6. The summed E-state index contributed by atoms with van der Waals surface area (Å²) in [5, 5.41) is 16.5. The molecule has 0 aliphatic carbocycles. The summed E-state index contributed by atoms with van der Waals surface area (Å²) >= 11 is 9.70. The molecule has 172 valence electrons. The van der Waals surface area contributed by atoms with E-state index in [4.69, 9.17) is 21.1 Å². The van der Waals surface area contributed by atoms with Gasteiger partial charge in [-0.3, -0.25) is 4.79 Å². The molecule has 8 heteroatoms. The number of amides is 1. The Kier molecular flexibility index (Phi) is 7.35. The molecule has 0 atom stereocenters. The lowest BCUT2D eigenvalue weighted by molar-refractivity contribution is 0.0952. The maximum Gasteiger partial charge on any atom is 0.275 e. The molecule has 6 nitrogen and oxygen atoms in total. The van der Waals surface area contributed by atoms with Crippen LogP contribution in [-0.2, 0) is 6.61 Å². The Morgan fingerprint density at radius 1 is 1.09 bits per heavy atom. The van der Waals surface area contributed by atoms with Crippen molar-refractivity contribution in [1.29, 1.82) is 0 Å². The van der Waals surface area contributed by atoms with Crippen LogP contribution in [0, 0.1) is 0 Å². The van der Waals surface area contributed by atoms with E-state index in [9.17, 15) is 9.90 Å². The third kappa shape index (κ3) is 5.32. The van der Waals surface area contributed by atoms with Crippen LogP contribution in [0.5, 0.6) is 17.2 Å². The number of nitrogens with zero attached hydrogens (tertiary/aromatic N) is 1. The van der Waals surface area contributed by atoms with Crippen LogP contribution in [0.25, 0.3) is 10.8 Å². The van der Waals surface area contributed by atoms with Gasteiger partial charge in [-0.2, -0.15) is 5.10 Å². The number of ether oxygens (including phenoxy) is 2. The molecule has 0 radical (unpaired) electrons. The fourth-order valence-electron chi connectivity index (χ4n) is 3.36. The molecule has 34 heavy (non-hydrogen) atoms. The summed E-state index contributed by atoms with van der Waals surface area (Å²) < 4.78 is 12.1. The van der Waals surface area contributed by atoms with E-state index in [1.165, 1.54) is 13.3 Å². The van der Waals surface area contributed by atoms with E-state index < -0.39 is 5.91 Å². The molecule has 0 saturated carbocycles. The number of fused-ring (bicyclic) bond motifs is 1. The second-order valence-electron chi connectivity index (χ2n) is 7.33. The highest BCUT2D eigenvalue weighted by molar-refractivity contribution is 9.10. The predicted octanol–water partition coefficient (Wildman–Crippen LogP) is 6.31. The summed E-state index contributed by atoms with van der Waals surface area (Å²) in [4.78, 5) is 12.5. The first-order chi connectivity index (χ1) is 16.5. The van der Waals surface area contributed by atoms with Crippen LogP contribution in [0.1, 0.15) is 21.5 Å². The van der Waals surface area contributed by atoms with Gasteiger partial charge in [0.15, 0.2) is 11.5 Å². The van der Waals surface area contributed by atoms with Gasteiger partial charge in [-0.15, -0.1) is 0 Å². The average Bonchev–Trinajstić information content (AvgIpc) is 2.83. The van der Waals surface area contributed by atoms with Gasteiger partial charge in [0.25, 0.3) is 5.91 Å². The lowest BCUT2D eigenvalue weighted by Crippen LogP contribution is -2.17. The van der Waals surface area contributed by atoms with Gasteiger partial charge >= 0.3 is 0 Å². The Bertz CT molecular complexity index is 1390. The van der Waals surface area contributed by atoms with Crippen molar-refractivity contribution in [2.75, 3.05) is 7.11 Å². The van der Waals surface area contributed by atoms with Crippen LogP contribution in [0.2, 0.25) is 5.02 Å². The number of phenolic OH excluding ortho intramolecular Hbond substituents is 1. The van der Waals surface area contributed by atoms with Crippen molar-refractivity contribution in [3.05, 3.63) is 99.0 Å². The Balaban J connectivity index is 1.48. The molecule has 0 fully saturated rings. The molecular formula is C26H20BrClN2O4. The first-order valence-corrected chi connectivity index (χ1v) is 11.4. The van der Waals surface area contributed by atoms with Crippen molar-refractivity contribution in [3.63, 3.8) is 0 Å². The molecule has 1 amide bonds. The number of carbonyl (C=O) groups is 1. The highest BCUT2D eigenvalue weighted by Gasteiger charge is 2.14. The molecular weight excluding hydrogens is 520 g/mol. The second-order valence-corrected chi connectivity index (χ2v) is 8.59. The third-order valence-corrected chi connectivity index (χ3v) is 6.03. The van der Waals surface area contributed by atoms with E-state index in [0.717, 1.165) is 16.3 Å². The highest BCUT2D eigenvalue weighted by atomic mass is 79.9. The van der Waals surface area contributed by atoms with E-state index in [0.29, 0.717) is 26.6 Å². The van der Waals surface area contributed by atoms with Crippen LogP contribution in [0.15, 0.2) is 82.4 Å². The number of nitrogens with one attached hydrogen (secondary N) is 1. The van der Waals surface area contributed by atoms with Crippen LogP contribution < -0.4 is 14.9 Å². The van der Waals surface area contributed by atoms with Gasteiger partial charge in [-0.1, -0.05) is 54.1 Å². The Hall–Kier alpha value is -3.55. The van der Waals surface area contributed by atoms with Crippen LogP contribution in [-0.4, -0.2) is 24.3 Å². The van der Waals surface area contributed by atoms with Crippen molar-refractivity contribution in [2.24, 2.45) is 5.10 Å². The second kappa shape index (κ2) is 10.6. The normalized spacial score (nSPS) is 11.0. The van der Waals surface area contributed by atoms with Gasteiger partial charge in [0, 0.05) is 10.6 Å². The minimum absolute atomic E-state index is 0.115. The molecule has 0 unspecified atom stereocenters. The molecule has 0 spiro atoms. The molecule has 2 N–H and O–H groups in total. The molecule has 4 aromatic rings. The summed E-state index contributed by atoms with van der Waals surface area (Å²) in [7, 11) is 1.54. The largest absolute Gasteiger partial charge is 0.507 e. The number of methoxy groups -OCH3 is 1. The molecule has 0 aliphatic rings. The number of carbonyl (C=O) groups excluding carboxylic acids is 1. The topological polar surface area (TPSA) is 80.2 Å². The van der Waals surface area contributed by atoms with E-state index in [2.05, 4.69) is 26.5 Å². The number of hydrazone groups is 1. The number of benzene rings is 4. The summed E-state index contributed by atoms with van der Waals surface area (Å²) in [6.07, 6.45) is 1.47. The zero-order valence-corrected chi connectivity index (χ0v) is 20.4. The van der Waals surface area contributed by atoms with E-state index in [-0.39, 0.29) is 17.9 Å². The third-order valence-electron chi connectivity index (χ3n) is 5.07. The monoisotopic (exact) mass is 538 g/mol. The zero-order chi connectivity index (χ0) is 24.1. The highest BCUT2D eigenvalue weighted by Crippen LogP contribution is 2.37.